The number of rotatable bonds is 1. The van der Waals surface area contributed by atoms with E-state index in [2.05, 4.69) is 4.98 Å². The summed E-state index contributed by atoms with van der Waals surface area (Å²) in [6.45, 7) is 0. The van der Waals surface area contributed by atoms with E-state index in [1.165, 1.54) is 6.07 Å². The molecule has 0 radical (unpaired) electrons. The van der Waals surface area contributed by atoms with Crippen molar-refractivity contribution in [3.8, 4) is 0 Å². The van der Waals surface area contributed by atoms with E-state index in [9.17, 15) is 10.1 Å². The molecule has 0 saturated carbocycles. The van der Waals surface area contributed by atoms with Crippen LogP contribution in [0.2, 0.25) is 0 Å². The molecule has 1 aromatic heterocycles. The first-order chi connectivity index (χ1) is 5.79. The zero-order valence-electron chi connectivity index (χ0n) is 6.15. The predicted octanol–water partition coefficient (Wildman–Crippen LogP) is 2.08. The number of benzene rings is 1. The highest BCUT2D eigenvalue weighted by molar-refractivity contribution is 5.90. The van der Waals surface area contributed by atoms with Crippen molar-refractivity contribution in [1.29, 1.82) is 0 Å². The smallest absolute Gasteiger partial charge is 0.278 e. The number of aromatic amines is 1. The summed E-state index contributed by atoms with van der Waals surface area (Å²) in [7, 11) is 0. The summed E-state index contributed by atoms with van der Waals surface area (Å²) >= 11 is 0. The minimum atomic E-state index is -0.379. The molecule has 1 aromatic carbocycles. The van der Waals surface area contributed by atoms with Gasteiger partial charge in [-0.25, -0.2) is 0 Å². The molecule has 1 heterocycles. The van der Waals surface area contributed by atoms with Gasteiger partial charge in [0.1, 0.15) is 0 Å². The van der Waals surface area contributed by atoms with E-state index in [4.69, 9.17) is 0 Å². The van der Waals surface area contributed by atoms with Gasteiger partial charge in [0.25, 0.3) is 5.69 Å². The lowest BCUT2D eigenvalue weighted by Gasteiger charge is -1.91. The van der Waals surface area contributed by atoms with Crippen LogP contribution in [-0.4, -0.2) is 9.91 Å². The fourth-order valence-electron chi connectivity index (χ4n) is 1.23. The van der Waals surface area contributed by atoms with Crippen molar-refractivity contribution < 1.29 is 4.92 Å². The highest BCUT2D eigenvalue weighted by Crippen LogP contribution is 2.24. The minimum absolute atomic E-state index is 0.147. The molecule has 0 fully saturated rings. The maximum Gasteiger partial charge on any atom is 0.278 e. The zero-order valence-corrected chi connectivity index (χ0v) is 6.15. The molecule has 60 valence electrons. The first-order valence-electron chi connectivity index (χ1n) is 3.49. The third-order valence-electron chi connectivity index (χ3n) is 1.78. The van der Waals surface area contributed by atoms with Crippen molar-refractivity contribution >= 4 is 16.5 Å². The highest BCUT2D eigenvalue weighted by Gasteiger charge is 2.10. The van der Waals surface area contributed by atoms with E-state index in [0.717, 1.165) is 5.39 Å². The standard InChI is InChI=1S/C8H6N2O2/c11-10(12)8-3-1-2-6-4-9-5-7(6)8/h1-5,9H. The first-order valence-corrected chi connectivity index (χ1v) is 3.49. The maximum absolute atomic E-state index is 10.5. The van der Waals surface area contributed by atoms with Crippen molar-refractivity contribution in [2.45, 2.75) is 0 Å². The third kappa shape index (κ3) is 0.852. The van der Waals surface area contributed by atoms with Crippen LogP contribution in [-0.2, 0) is 0 Å². The molecule has 4 heteroatoms. The summed E-state index contributed by atoms with van der Waals surface area (Å²) in [5, 5.41) is 12.0. The number of nitro groups is 1. The second-order valence-corrected chi connectivity index (χ2v) is 2.49. The average molecular weight is 162 g/mol. The Labute approximate surface area is 68.0 Å². The number of nitrogens with one attached hydrogen (secondary N) is 1. The third-order valence-corrected chi connectivity index (χ3v) is 1.78. The van der Waals surface area contributed by atoms with Gasteiger partial charge in [0.05, 0.1) is 10.3 Å². The van der Waals surface area contributed by atoms with Crippen molar-refractivity contribution in [3.63, 3.8) is 0 Å². The van der Waals surface area contributed by atoms with Gasteiger partial charge in [0, 0.05) is 23.8 Å². The normalized spacial score (nSPS) is 10.3. The van der Waals surface area contributed by atoms with Crippen LogP contribution >= 0.6 is 0 Å². The first kappa shape index (κ1) is 6.84. The molecule has 12 heavy (non-hydrogen) atoms. The lowest BCUT2D eigenvalue weighted by Crippen LogP contribution is -1.86. The second kappa shape index (κ2) is 2.34. The summed E-state index contributed by atoms with van der Waals surface area (Å²) in [6.07, 6.45) is 3.37. The summed E-state index contributed by atoms with van der Waals surface area (Å²) in [5.74, 6) is 0. The predicted molar refractivity (Wildman–Crippen MR) is 45.0 cm³/mol. The molecule has 0 saturated heterocycles. The monoisotopic (exact) mass is 162 g/mol. The van der Waals surface area contributed by atoms with Gasteiger partial charge in [0.2, 0.25) is 0 Å². The largest absolute Gasteiger partial charge is 0.366 e. The van der Waals surface area contributed by atoms with E-state index in [1.54, 1.807) is 18.5 Å². The molecule has 0 aliphatic heterocycles. The minimum Gasteiger partial charge on any atom is -0.366 e. The van der Waals surface area contributed by atoms with E-state index >= 15 is 0 Å². The molecule has 1 N–H and O–H groups in total. The number of nitrogens with zero attached hydrogens (tertiary/aromatic N) is 1. The van der Waals surface area contributed by atoms with Crippen molar-refractivity contribution in [3.05, 3.63) is 40.7 Å². The highest BCUT2D eigenvalue weighted by atomic mass is 16.6. The lowest BCUT2D eigenvalue weighted by molar-refractivity contribution is -0.383. The number of H-pyrrole nitrogens is 1. The molecule has 0 aliphatic carbocycles. The summed E-state index contributed by atoms with van der Waals surface area (Å²) in [5.41, 5.74) is 0.147. The van der Waals surface area contributed by atoms with Crippen molar-refractivity contribution in [2.24, 2.45) is 0 Å². The molecule has 2 aromatic rings. The van der Waals surface area contributed by atoms with E-state index in [-0.39, 0.29) is 10.6 Å². The fourth-order valence-corrected chi connectivity index (χ4v) is 1.23. The van der Waals surface area contributed by atoms with Gasteiger partial charge in [-0.05, 0) is 0 Å². The van der Waals surface area contributed by atoms with Crippen LogP contribution in [0.1, 0.15) is 0 Å². The Bertz CT molecular complexity index is 433. The molecule has 0 amide bonds. The van der Waals surface area contributed by atoms with Crippen LogP contribution in [0.3, 0.4) is 0 Å². The van der Waals surface area contributed by atoms with Gasteiger partial charge in [-0.2, -0.15) is 0 Å². The Morgan fingerprint density at radius 2 is 2.17 bits per heavy atom. The van der Waals surface area contributed by atoms with E-state index in [0.29, 0.717) is 5.39 Å². The van der Waals surface area contributed by atoms with Crippen LogP contribution in [0.5, 0.6) is 0 Å². The molecule has 4 nitrogen and oxygen atoms in total. The van der Waals surface area contributed by atoms with Gasteiger partial charge < -0.3 is 4.98 Å². The maximum atomic E-state index is 10.5. The van der Waals surface area contributed by atoms with E-state index < -0.39 is 0 Å². The second-order valence-electron chi connectivity index (χ2n) is 2.49. The molecular weight excluding hydrogens is 156 g/mol. The number of aromatic nitrogens is 1. The van der Waals surface area contributed by atoms with Crippen LogP contribution in [0.4, 0.5) is 5.69 Å². The topological polar surface area (TPSA) is 58.9 Å². The Morgan fingerprint density at radius 1 is 1.33 bits per heavy atom. The van der Waals surface area contributed by atoms with Crippen LogP contribution < -0.4 is 0 Å². The average Bonchev–Trinajstić information content (AvgIpc) is 2.49. The van der Waals surface area contributed by atoms with Gasteiger partial charge >= 0.3 is 0 Å². The van der Waals surface area contributed by atoms with Crippen molar-refractivity contribution in [1.82, 2.24) is 4.98 Å². The molecule has 0 spiro atoms. The Morgan fingerprint density at radius 3 is 2.92 bits per heavy atom. The Hall–Kier alpha value is -1.84. The summed E-state index contributed by atoms with van der Waals surface area (Å²) in [4.78, 5) is 13.0. The van der Waals surface area contributed by atoms with Crippen LogP contribution in [0.25, 0.3) is 10.8 Å². The molecule has 0 unspecified atom stereocenters. The van der Waals surface area contributed by atoms with Crippen LogP contribution in [0, 0.1) is 10.1 Å². The molecule has 0 atom stereocenters. The van der Waals surface area contributed by atoms with Gasteiger partial charge in [-0.15, -0.1) is 0 Å². The van der Waals surface area contributed by atoms with E-state index in [1.807, 2.05) is 6.07 Å². The summed E-state index contributed by atoms with van der Waals surface area (Å²) < 4.78 is 0. The number of fused-ring (bicyclic) bond motifs is 1. The van der Waals surface area contributed by atoms with Gasteiger partial charge in [-0.3, -0.25) is 10.1 Å². The molecule has 2 rings (SSSR count). The Balaban J connectivity index is 2.82. The fraction of sp³-hybridized carbons (Fsp3) is 0. The number of nitro benzene ring substituents is 1. The molecule has 0 aliphatic rings. The van der Waals surface area contributed by atoms with Gasteiger partial charge in [-0.1, -0.05) is 12.1 Å². The number of non-ortho nitro benzene ring substituents is 1. The van der Waals surface area contributed by atoms with Crippen molar-refractivity contribution in [2.75, 3.05) is 0 Å². The van der Waals surface area contributed by atoms with Gasteiger partial charge in [0.15, 0.2) is 0 Å². The van der Waals surface area contributed by atoms with Crippen LogP contribution in [0.15, 0.2) is 30.6 Å². The zero-order chi connectivity index (χ0) is 8.55. The lowest BCUT2D eigenvalue weighted by atomic mass is 10.2. The quantitative estimate of drug-likeness (QED) is 0.515. The Kier molecular flexibility index (Phi) is 1.33. The summed E-state index contributed by atoms with van der Waals surface area (Å²) in [6, 6.07) is 5.00. The molecular formula is C8H6N2O2. The SMILES string of the molecule is O=[N+]([O-])c1cccc2c[nH]cc12. The number of hydrogen-bond donors (Lipinski definition) is 1. The molecule has 0 bridgehead atoms. The number of hydrogen-bond acceptors (Lipinski definition) is 2.